The van der Waals surface area contributed by atoms with Gasteiger partial charge in [0, 0.05) is 34.5 Å². The highest BCUT2D eigenvalue weighted by atomic mass is 32.2. The third kappa shape index (κ3) is 10.1. The Hall–Kier alpha value is -4.41. The second-order valence-corrected chi connectivity index (χ2v) is 17.6. The summed E-state index contributed by atoms with van der Waals surface area (Å²) in [6, 6.07) is 26.4. The maximum Gasteiger partial charge on any atom is 0.434 e. The van der Waals surface area contributed by atoms with Crippen LogP contribution in [0.1, 0.15) is 85.6 Å². The highest BCUT2D eigenvalue weighted by Gasteiger charge is 2.28. The van der Waals surface area contributed by atoms with Crippen LogP contribution in [0.3, 0.4) is 0 Å². The molecule has 4 aliphatic rings. The van der Waals surface area contributed by atoms with Crippen molar-refractivity contribution in [1.29, 1.82) is 0 Å². The Balaban J connectivity index is 0.000000406. The van der Waals surface area contributed by atoms with Crippen molar-refractivity contribution >= 4 is 46.7 Å². The Morgan fingerprint density at radius 3 is 2.51 bits per heavy atom. The summed E-state index contributed by atoms with van der Waals surface area (Å²) in [6.07, 6.45) is 14.9. The van der Waals surface area contributed by atoms with Gasteiger partial charge >= 0.3 is 6.09 Å². The lowest BCUT2D eigenvalue weighted by molar-refractivity contribution is -0.278. The number of aryl methyl sites for hydroxylation is 1. The summed E-state index contributed by atoms with van der Waals surface area (Å²) >= 11 is 3.46. The molecule has 286 valence electrons. The van der Waals surface area contributed by atoms with Gasteiger partial charge in [-0.1, -0.05) is 78.9 Å². The van der Waals surface area contributed by atoms with Crippen LogP contribution in [0.2, 0.25) is 0 Å². The maximum absolute atomic E-state index is 13.1. The van der Waals surface area contributed by atoms with Crippen LogP contribution in [0.25, 0.3) is 33.2 Å². The average molecular weight is 775 g/mol. The van der Waals surface area contributed by atoms with Gasteiger partial charge < -0.3 is 15.2 Å². The van der Waals surface area contributed by atoms with E-state index in [4.69, 9.17) is 20.0 Å². The average Bonchev–Trinajstić information content (AvgIpc) is 3.68. The van der Waals surface area contributed by atoms with E-state index < -0.39 is 18.0 Å². The number of nitrogens with two attached hydrogens (primary N) is 1. The van der Waals surface area contributed by atoms with E-state index in [1.54, 1.807) is 17.3 Å². The molecule has 2 atom stereocenters. The number of ether oxygens (including phenoxy) is 2. The fourth-order valence-electron chi connectivity index (χ4n) is 7.44. The van der Waals surface area contributed by atoms with Gasteiger partial charge in [-0.3, -0.25) is 4.79 Å². The fourth-order valence-corrected chi connectivity index (χ4v) is 9.31. The summed E-state index contributed by atoms with van der Waals surface area (Å²) in [4.78, 5) is 32.1. The fraction of sp³-hybridized carbons (Fsp3) is 0.348. The first-order valence-corrected chi connectivity index (χ1v) is 21.0. The van der Waals surface area contributed by atoms with Gasteiger partial charge in [-0.05, 0) is 133 Å². The van der Waals surface area contributed by atoms with Crippen LogP contribution in [-0.2, 0) is 44.9 Å². The number of allylic oxidation sites excluding steroid dienone is 3. The molecule has 2 N–H and O–H groups in total. The third-order valence-electron chi connectivity index (χ3n) is 10.0. The number of thioether (sulfide) groups is 1. The Kier molecular flexibility index (Phi) is 12.4. The van der Waals surface area contributed by atoms with Gasteiger partial charge in [0.25, 0.3) is 0 Å². The lowest BCUT2D eigenvalue weighted by atomic mass is 9.78. The third-order valence-corrected chi connectivity index (χ3v) is 12.2. The summed E-state index contributed by atoms with van der Waals surface area (Å²) in [6.45, 7) is 6.51. The second-order valence-electron chi connectivity index (χ2n) is 15.3. The highest BCUT2D eigenvalue weighted by Crippen LogP contribution is 2.42. The smallest absolute Gasteiger partial charge is 0.434 e. The van der Waals surface area contributed by atoms with Crippen LogP contribution in [-0.4, -0.2) is 40.8 Å². The summed E-state index contributed by atoms with van der Waals surface area (Å²) in [7, 11) is 0. The van der Waals surface area contributed by atoms with Crippen molar-refractivity contribution < 1.29 is 23.9 Å². The molecule has 2 amide bonds. The van der Waals surface area contributed by atoms with Crippen molar-refractivity contribution in [2.75, 3.05) is 6.61 Å². The summed E-state index contributed by atoms with van der Waals surface area (Å²) in [5.74, 6) is -0.238. The zero-order valence-electron chi connectivity index (χ0n) is 31.9. The number of rotatable bonds is 8. The van der Waals surface area contributed by atoms with Gasteiger partial charge in [-0.2, -0.15) is 5.06 Å². The number of amides is 2. The van der Waals surface area contributed by atoms with Gasteiger partial charge in [0.15, 0.2) is 6.29 Å². The minimum Gasteiger partial charge on any atom is -0.442 e. The van der Waals surface area contributed by atoms with E-state index in [0.29, 0.717) is 13.0 Å². The topological polar surface area (TPSA) is 91.1 Å². The molecule has 4 aromatic rings. The molecule has 55 heavy (non-hydrogen) atoms. The molecule has 2 aliphatic heterocycles. The first-order valence-electron chi connectivity index (χ1n) is 19.3. The molecule has 9 heteroatoms. The number of fused-ring (bicyclic) bond motifs is 5. The molecule has 1 fully saturated rings. The monoisotopic (exact) mass is 774 g/mol. The van der Waals surface area contributed by atoms with E-state index in [-0.39, 0.29) is 17.7 Å². The van der Waals surface area contributed by atoms with Crippen LogP contribution >= 0.6 is 23.1 Å². The Labute approximate surface area is 333 Å². The minimum atomic E-state index is -0.625. The predicted molar refractivity (Wildman–Crippen MR) is 225 cm³/mol. The molecule has 0 spiro atoms. The maximum atomic E-state index is 13.1. The standard InChI is InChI=1S/C39H41NO4S.C7H9NOS/c1-39(2,3)43-38(41)40(44-37-13-6-7-22-42-37)25-26-9-8-11-29(23-26)35-20-21-36(45-35)30-16-17-32-28(24-30)15-19-33-31-12-5-4-10-27(31)14-18-34(32)33;8-7(9)5-6-3-1-2-4-10-6/h4-5,8-12,15,19-21,23-24,37H,6-7,13-14,16-18,22,25H2,1-3H3;1-4,6H,5H2,(H2,8,9)/t37-;/m0./s1. The van der Waals surface area contributed by atoms with Crippen LogP contribution in [0.4, 0.5) is 4.79 Å². The lowest BCUT2D eigenvalue weighted by Crippen LogP contribution is -2.40. The van der Waals surface area contributed by atoms with E-state index in [1.165, 1.54) is 48.2 Å². The number of thiophene rings is 1. The van der Waals surface area contributed by atoms with Crippen LogP contribution in [0, 0.1) is 0 Å². The van der Waals surface area contributed by atoms with E-state index in [1.807, 2.05) is 67.9 Å². The van der Waals surface area contributed by atoms with Gasteiger partial charge in [0.2, 0.25) is 5.91 Å². The molecule has 1 saturated heterocycles. The van der Waals surface area contributed by atoms with Gasteiger partial charge in [-0.25, -0.2) is 9.63 Å². The zero-order valence-corrected chi connectivity index (χ0v) is 33.6. The zero-order chi connectivity index (χ0) is 38.4. The van der Waals surface area contributed by atoms with Crippen LogP contribution in [0.15, 0.2) is 96.4 Å². The lowest BCUT2D eigenvalue weighted by Gasteiger charge is -2.31. The van der Waals surface area contributed by atoms with Crippen molar-refractivity contribution in [3.63, 3.8) is 0 Å². The molecule has 8 rings (SSSR count). The molecule has 0 bridgehead atoms. The van der Waals surface area contributed by atoms with Crippen molar-refractivity contribution in [3.8, 4) is 21.6 Å². The number of carbonyl (C=O) groups is 2. The van der Waals surface area contributed by atoms with Gasteiger partial charge in [0.1, 0.15) is 5.60 Å². The number of hydrogen-bond donors (Lipinski definition) is 1. The van der Waals surface area contributed by atoms with E-state index in [0.717, 1.165) is 56.1 Å². The van der Waals surface area contributed by atoms with Crippen LogP contribution in [0.5, 0.6) is 0 Å². The molecular formula is C46H50N2O5S2. The predicted octanol–water partition coefficient (Wildman–Crippen LogP) is 10.9. The van der Waals surface area contributed by atoms with E-state index in [2.05, 4.69) is 66.7 Å². The minimum absolute atomic E-state index is 0.238. The Morgan fingerprint density at radius 1 is 0.891 bits per heavy atom. The van der Waals surface area contributed by atoms with Crippen molar-refractivity contribution in [2.24, 2.45) is 5.73 Å². The van der Waals surface area contributed by atoms with Crippen molar-refractivity contribution in [1.82, 2.24) is 5.06 Å². The number of hydrogen-bond acceptors (Lipinski definition) is 7. The molecule has 0 saturated carbocycles. The number of primary amides is 1. The van der Waals surface area contributed by atoms with Gasteiger partial charge in [-0.15, -0.1) is 23.1 Å². The SMILES string of the molecule is CC(C)(C)OC(=O)N(Cc1cccc(-c2ccc(C3=Cc4ccc5c(c4CC3)CCc3ccccc3-5)s2)c1)O[C@H]1CCCCO1.NC(=O)CC1C=CC=CS1. The first-order chi connectivity index (χ1) is 26.6. The summed E-state index contributed by atoms with van der Waals surface area (Å²) < 4.78 is 11.4. The number of nitrogens with zero attached hydrogens (tertiary/aromatic N) is 1. The Bertz CT molecular complexity index is 2100. The summed E-state index contributed by atoms with van der Waals surface area (Å²) in [5, 5.41) is 3.54. The molecule has 2 aliphatic carbocycles. The highest BCUT2D eigenvalue weighted by molar-refractivity contribution is 8.02. The molecule has 7 nitrogen and oxygen atoms in total. The summed E-state index contributed by atoms with van der Waals surface area (Å²) in [5.41, 5.74) is 16.6. The number of hydroxylamine groups is 2. The molecule has 0 radical (unpaired) electrons. The molecule has 3 heterocycles. The number of carbonyl (C=O) groups excluding carboxylic acids is 2. The largest absolute Gasteiger partial charge is 0.442 e. The molecular weight excluding hydrogens is 725 g/mol. The number of benzene rings is 3. The Morgan fingerprint density at radius 2 is 1.73 bits per heavy atom. The molecule has 1 unspecified atom stereocenters. The molecule has 3 aromatic carbocycles. The van der Waals surface area contributed by atoms with Gasteiger partial charge in [0.05, 0.1) is 6.54 Å². The van der Waals surface area contributed by atoms with E-state index >= 15 is 0 Å². The normalized spacial score (nSPS) is 18.5. The first kappa shape index (κ1) is 38.8. The molecule has 1 aromatic heterocycles. The second kappa shape index (κ2) is 17.6. The van der Waals surface area contributed by atoms with E-state index in [9.17, 15) is 9.59 Å². The van der Waals surface area contributed by atoms with Crippen LogP contribution < -0.4 is 5.73 Å². The van der Waals surface area contributed by atoms with Crippen molar-refractivity contribution in [3.05, 3.63) is 129 Å². The van der Waals surface area contributed by atoms with Crippen molar-refractivity contribution in [2.45, 2.75) is 95.8 Å². The quantitative estimate of drug-likeness (QED) is 0.179.